The van der Waals surface area contributed by atoms with Gasteiger partial charge >= 0.3 is 0 Å². The predicted molar refractivity (Wildman–Crippen MR) is 162 cm³/mol. The fourth-order valence-corrected chi connectivity index (χ4v) is 7.43. The van der Waals surface area contributed by atoms with Crippen LogP contribution in [0.25, 0.3) is 11.1 Å². The topological polar surface area (TPSA) is 27.7 Å². The maximum atomic E-state index is 7.34. The van der Waals surface area contributed by atoms with Crippen molar-refractivity contribution in [1.82, 2.24) is 0 Å². The molecule has 2 atom stereocenters. The van der Waals surface area contributed by atoms with Crippen LogP contribution in [-0.2, 0) is 5.60 Å². The van der Waals surface area contributed by atoms with Gasteiger partial charge in [-0.25, -0.2) is 0 Å². The van der Waals surface area contributed by atoms with Crippen molar-refractivity contribution in [2.75, 3.05) is 41.3 Å². The van der Waals surface area contributed by atoms with E-state index in [0.29, 0.717) is 0 Å². The summed E-state index contributed by atoms with van der Waals surface area (Å²) >= 11 is 0. The number of nitrogens with zero attached hydrogens (tertiary/aromatic N) is 2. The van der Waals surface area contributed by atoms with Gasteiger partial charge in [-0.15, -0.1) is 0 Å². The Morgan fingerprint density at radius 2 is 1.21 bits per heavy atom. The van der Waals surface area contributed by atoms with Gasteiger partial charge in [-0.3, -0.25) is 0 Å². The molecule has 0 saturated carbocycles. The minimum absolute atomic E-state index is 0.113. The fraction of sp³-hybridized carbons (Fsp3) is 0.314. The van der Waals surface area contributed by atoms with Gasteiger partial charge in [-0.05, 0) is 80.8 Å². The van der Waals surface area contributed by atoms with E-state index >= 15 is 0 Å². The van der Waals surface area contributed by atoms with Crippen LogP contribution in [0.15, 0.2) is 84.9 Å². The highest BCUT2D eigenvalue weighted by molar-refractivity contribution is 5.87. The molecule has 2 heterocycles. The second-order valence-corrected chi connectivity index (χ2v) is 10.9. The largest absolute Gasteiger partial charge is 0.477 e. The van der Waals surface area contributed by atoms with Gasteiger partial charge in [-0.1, -0.05) is 48.5 Å². The SMILES string of the molecule is CCN(CC)c1ccc2c(c1)-c1cc(N(CC)CC)ccc1C21Oc2ccccc2C2Nc3ccccc3C21. The molecule has 1 N–H and O–H groups in total. The molecule has 1 aliphatic carbocycles. The molecule has 4 nitrogen and oxygen atoms in total. The van der Waals surface area contributed by atoms with Crippen LogP contribution in [0.1, 0.15) is 61.9 Å². The van der Waals surface area contributed by atoms with Gasteiger partial charge in [0.1, 0.15) is 5.75 Å². The first kappa shape index (κ1) is 24.1. The van der Waals surface area contributed by atoms with E-state index in [2.05, 4.69) is 128 Å². The molecule has 7 rings (SSSR count). The minimum atomic E-state index is -0.618. The van der Waals surface area contributed by atoms with Gasteiger partial charge in [0.25, 0.3) is 0 Å². The summed E-state index contributed by atoms with van der Waals surface area (Å²) in [5.74, 6) is 1.08. The Kier molecular flexibility index (Phi) is 5.62. The van der Waals surface area contributed by atoms with Crippen LogP contribution < -0.4 is 19.9 Å². The Bertz CT molecular complexity index is 1490. The van der Waals surface area contributed by atoms with Crippen LogP contribution in [0, 0.1) is 0 Å². The van der Waals surface area contributed by atoms with Crippen molar-refractivity contribution >= 4 is 17.1 Å². The molecule has 0 radical (unpaired) electrons. The average molecular weight is 516 g/mol. The second kappa shape index (κ2) is 9.08. The number of hydrogen-bond acceptors (Lipinski definition) is 4. The van der Waals surface area contributed by atoms with E-state index < -0.39 is 5.60 Å². The van der Waals surface area contributed by atoms with Gasteiger partial charge < -0.3 is 19.9 Å². The Morgan fingerprint density at radius 1 is 0.667 bits per heavy atom. The first-order chi connectivity index (χ1) is 19.1. The van der Waals surface area contributed by atoms with E-state index in [4.69, 9.17) is 4.74 Å². The molecule has 1 spiro atoms. The quantitative estimate of drug-likeness (QED) is 0.282. The summed E-state index contributed by atoms with van der Waals surface area (Å²) in [6.07, 6.45) is 0. The smallest absolute Gasteiger partial charge is 0.169 e. The summed E-state index contributed by atoms with van der Waals surface area (Å²) < 4.78 is 7.34. The number of para-hydroxylation sites is 2. The van der Waals surface area contributed by atoms with Crippen LogP contribution >= 0.6 is 0 Å². The molecule has 0 saturated heterocycles. The monoisotopic (exact) mass is 515 g/mol. The summed E-state index contributed by atoms with van der Waals surface area (Å²) in [7, 11) is 0. The van der Waals surface area contributed by atoms with E-state index in [-0.39, 0.29) is 12.0 Å². The minimum Gasteiger partial charge on any atom is -0.477 e. The van der Waals surface area contributed by atoms with Crippen molar-refractivity contribution in [3.63, 3.8) is 0 Å². The highest BCUT2D eigenvalue weighted by Gasteiger charge is 2.59. The zero-order valence-electron chi connectivity index (χ0n) is 23.4. The lowest BCUT2D eigenvalue weighted by Gasteiger charge is -2.45. The maximum absolute atomic E-state index is 7.34. The average Bonchev–Trinajstić information content (AvgIpc) is 3.49. The third-order valence-electron chi connectivity index (χ3n) is 9.26. The molecule has 39 heavy (non-hydrogen) atoms. The third kappa shape index (κ3) is 3.30. The van der Waals surface area contributed by atoms with Crippen LogP contribution in [0.2, 0.25) is 0 Å². The van der Waals surface area contributed by atoms with Gasteiger partial charge in [0.15, 0.2) is 5.60 Å². The van der Waals surface area contributed by atoms with E-state index in [1.165, 1.54) is 50.4 Å². The standard InChI is InChI=1S/C35H37N3O/c1-5-37(6-2)23-17-19-29-27(21-23)28-22-24(38(7-3)8-4)18-20-30(28)35(29)33-25-13-9-11-15-31(25)36-34(33)26-14-10-12-16-32(26)39-35/h9-22,33-34,36H,5-8H2,1-4H3. The molecule has 4 aromatic carbocycles. The maximum Gasteiger partial charge on any atom is 0.169 e. The van der Waals surface area contributed by atoms with Gasteiger partial charge in [0, 0.05) is 59.9 Å². The lowest BCUT2D eigenvalue weighted by Crippen LogP contribution is -2.44. The Morgan fingerprint density at radius 3 is 1.79 bits per heavy atom. The molecule has 3 aliphatic rings. The van der Waals surface area contributed by atoms with E-state index in [9.17, 15) is 0 Å². The fourth-order valence-electron chi connectivity index (χ4n) is 7.43. The first-order valence-electron chi connectivity index (χ1n) is 14.6. The molecule has 0 bridgehead atoms. The van der Waals surface area contributed by atoms with Crippen molar-refractivity contribution in [2.24, 2.45) is 0 Å². The van der Waals surface area contributed by atoms with E-state index in [1.54, 1.807) is 0 Å². The number of hydrogen-bond donors (Lipinski definition) is 1. The van der Waals surface area contributed by atoms with Crippen molar-refractivity contribution in [3.8, 4) is 16.9 Å². The lowest BCUT2D eigenvalue weighted by molar-refractivity contribution is 0.0591. The van der Waals surface area contributed by atoms with E-state index in [1.807, 2.05) is 0 Å². The molecule has 198 valence electrons. The van der Waals surface area contributed by atoms with Crippen LogP contribution in [0.5, 0.6) is 5.75 Å². The van der Waals surface area contributed by atoms with Crippen molar-refractivity contribution < 1.29 is 4.74 Å². The molecular formula is C35H37N3O. The van der Waals surface area contributed by atoms with Crippen molar-refractivity contribution in [2.45, 2.75) is 45.3 Å². The highest BCUT2D eigenvalue weighted by atomic mass is 16.5. The number of anilines is 3. The van der Waals surface area contributed by atoms with Crippen LogP contribution in [0.3, 0.4) is 0 Å². The molecule has 2 unspecified atom stereocenters. The molecule has 0 aromatic heterocycles. The summed E-state index contributed by atoms with van der Waals surface area (Å²) in [5.41, 5.74) is 10.8. The summed E-state index contributed by atoms with van der Waals surface area (Å²) in [6.45, 7) is 12.9. The predicted octanol–water partition coefficient (Wildman–Crippen LogP) is 7.95. The first-order valence-corrected chi connectivity index (χ1v) is 14.6. The zero-order chi connectivity index (χ0) is 26.7. The molecule has 0 fully saturated rings. The third-order valence-corrected chi connectivity index (χ3v) is 9.26. The van der Waals surface area contributed by atoms with Crippen molar-refractivity contribution in [3.05, 3.63) is 107 Å². The number of benzene rings is 4. The number of ether oxygens (including phenoxy) is 1. The normalized spacial score (nSPS) is 18.8. The zero-order valence-corrected chi connectivity index (χ0v) is 23.4. The lowest BCUT2D eigenvalue weighted by atomic mass is 9.70. The highest BCUT2D eigenvalue weighted by Crippen LogP contribution is 2.66. The number of nitrogens with one attached hydrogen (secondary N) is 1. The van der Waals surface area contributed by atoms with Gasteiger partial charge in [0.2, 0.25) is 0 Å². The van der Waals surface area contributed by atoms with Crippen molar-refractivity contribution in [1.29, 1.82) is 0 Å². The van der Waals surface area contributed by atoms with Crippen LogP contribution in [0.4, 0.5) is 17.1 Å². The molecule has 4 aromatic rings. The molecule has 2 aliphatic heterocycles. The van der Waals surface area contributed by atoms with Gasteiger partial charge in [0.05, 0.1) is 12.0 Å². The summed E-state index contributed by atoms with van der Waals surface area (Å²) in [5, 5.41) is 3.90. The summed E-state index contributed by atoms with van der Waals surface area (Å²) in [4.78, 5) is 4.87. The molecular weight excluding hydrogens is 478 g/mol. The second-order valence-electron chi connectivity index (χ2n) is 10.9. The number of rotatable bonds is 6. The van der Waals surface area contributed by atoms with Gasteiger partial charge in [-0.2, -0.15) is 0 Å². The Labute approximate surface area is 232 Å². The Balaban J connectivity index is 1.53. The summed E-state index contributed by atoms with van der Waals surface area (Å²) in [6, 6.07) is 31.7. The van der Waals surface area contributed by atoms with E-state index in [0.717, 1.165) is 31.9 Å². The number of fused-ring (bicyclic) bond motifs is 11. The molecule has 0 amide bonds. The Hall–Kier alpha value is -3.92. The van der Waals surface area contributed by atoms with Crippen LogP contribution in [-0.4, -0.2) is 26.2 Å². The molecule has 4 heteroatoms.